The summed E-state index contributed by atoms with van der Waals surface area (Å²) in [5.74, 6) is 0. The number of hydrogen-bond donors (Lipinski definition) is 0. The van der Waals surface area contributed by atoms with Crippen LogP contribution >= 0.6 is 11.6 Å². The molecule has 0 aliphatic heterocycles. The first-order valence-corrected chi connectivity index (χ1v) is 6.44. The molecule has 0 N–H and O–H groups in total. The Hall–Kier alpha value is -0.561. The van der Waals surface area contributed by atoms with Crippen LogP contribution in [-0.4, -0.2) is 21.2 Å². The Labute approximate surface area is 95.3 Å². The molecular formula is C11H11ClOSe. The van der Waals surface area contributed by atoms with E-state index in [9.17, 15) is 4.79 Å². The molecule has 74 valence electrons. The van der Waals surface area contributed by atoms with Gasteiger partial charge in [-0.15, -0.1) is 0 Å². The molecule has 0 saturated heterocycles. The Bertz CT molecular complexity index is 330. The second kappa shape index (κ2) is 6.02. The van der Waals surface area contributed by atoms with Gasteiger partial charge in [0.05, 0.1) is 0 Å². The van der Waals surface area contributed by atoms with Crippen LogP contribution in [0.3, 0.4) is 0 Å². The third-order valence-corrected chi connectivity index (χ3v) is 3.93. The van der Waals surface area contributed by atoms with Crippen molar-refractivity contribution in [2.24, 2.45) is 0 Å². The Morgan fingerprint density at radius 3 is 2.57 bits per heavy atom. The van der Waals surface area contributed by atoms with Crippen molar-refractivity contribution in [1.29, 1.82) is 0 Å². The Morgan fingerprint density at radius 1 is 1.43 bits per heavy atom. The van der Waals surface area contributed by atoms with Gasteiger partial charge in [-0.3, -0.25) is 0 Å². The fraction of sp³-hybridized carbons (Fsp3) is 0.182. The van der Waals surface area contributed by atoms with E-state index in [1.165, 1.54) is 4.46 Å². The molecular weight excluding hydrogens is 263 g/mol. The van der Waals surface area contributed by atoms with Gasteiger partial charge in [0.1, 0.15) is 0 Å². The summed E-state index contributed by atoms with van der Waals surface area (Å²) in [7, 11) is 0. The van der Waals surface area contributed by atoms with Gasteiger partial charge < -0.3 is 0 Å². The molecule has 0 aromatic heterocycles. The molecule has 0 fully saturated rings. The Kier molecular flexibility index (Phi) is 4.95. The number of allylic oxidation sites excluding steroid dienone is 2. The summed E-state index contributed by atoms with van der Waals surface area (Å²) in [6.45, 7) is 2.03. The minimum absolute atomic E-state index is 0.113. The molecule has 0 aliphatic carbocycles. The molecule has 0 radical (unpaired) electrons. The second-order valence-corrected chi connectivity index (χ2v) is 5.53. The van der Waals surface area contributed by atoms with E-state index in [1.54, 1.807) is 0 Å². The van der Waals surface area contributed by atoms with Gasteiger partial charge in [-0.05, 0) is 0 Å². The molecule has 14 heavy (non-hydrogen) atoms. The number of halogens is 1. The summed E-state index contributed by atoms with van der Waals surface area (Å²) in [5, 5.41) is 0.733. The van der Waals surface area contributed by atoms with Crippen LogP contribution in [0.15, 0.2) is 34.8 Å². The molecule has 1 aromatic carbocycles. The summed E-state index contributed by atoms with van der Waals surface area (Å²) < 4.78 is 2.07. The fourth-order valence-corrected chi connectivity index (χ4v) is 2.85. The van der Waals surface area contributed by atoms with Gasteiger partial charge in [0.15, 0.2) is 0 Å². The standard InChI is InChI=1S/C11H11ClOSe/c1-2-3-11(8-13)14-10-6-4-9(12)5-7-10/h3-8H,2H2,1H3/b11-3-. The summed E-state index contributed by atoms with van der Waals surface area (Å²) in [6, 6.07) is 7.64. The third-order valence-electron chi connectivity index (χ3n) is 1.57. The van der Waals surface area contributed by atoms with Crippen LogP contribution in [0.1, 0.15) is 13.3 Å². The van der Waals surface area contributed by atoms with E-state index in [1.807, 2.05) is 37.3 Å². The number of carbonyl (C=O) groups excluding carboxylic acids is 1. The molecule has 1 nitrogen and oxygen atoms in total. The van der Waals surface area contributed by atoms with E-state index in [-0.39, 0.29) is 15.0 Å². The molecule has 0 aliphatic rings. The molecule has 0 bridgehead atoms. The monoisotopic (exact) mass is 274 g/mol. The Morgan fingerprint density at radius 2 is 2.07 bits per heavy atom. The van der Waals surface area contributed by atoms with Crippen molar-refractivity contribution in [3.8, 4) is 0 Å². The van der Waals surface area contributed by atoms with E-state index in [2.05, 4.69) is 0 Å². The first-order chi connectivity index (χ1) is 6.76. The zero-order chi connectivity index (χ0) is 10.4. The van der Waals surface area contributed by atoms with Crippen molar-refractivity contribution in [1.82, 2.24) is 0 Å². The molecule has 0 unspecified atom stereocenters. The minimum atomic E-state index is 0.113. The van der Waals surface area contributed by atoms with Crippen molar-refractivity contribution in [2.75, 3.05) is 0 Å². The Balaban J connectivity index is 2.72. The van der Waals surface area contributed by atoms with Gasteiger partial charge in [-0.2, -0.15) is 0 Å². The van der Waals surface area contributed by atoms with E-state index in [0.29, 0.717) is 0 Å². The van der Waals surface area contributed by atoms with Crippen LogP contribution in [0.2, 0.25) is 5.02 Å². The van der Waals surface area contributed by atoms with E-state index in [0.717, 1.165) is 22.2 Å². The van der Waals surface area contributed by atoms with Crippen LogP contribution in [0.5, 0.6) is 0 Å². The van der Waals surface area contributed by atoms with Crippen molar-refractivity contribution >= 4 is 37.3 Å². The third kappa shape index (κ3) is 3.67. The van der Waals surface area contributed by atoms with Crippen LogP contribution in [0, 0.1) is 0 Å². The predicted octanol–water partition coefficient (Wildman–Crippen LogP) is 2.16. The van der Waals surface area contributed by atoms with Gasteiger partial charge >= 0.3 is 95.3 Å². The van der Waals surface area contributed by atoms with Crippen molar-refractivity contribution in [2.45, 2.75) is 13.3 Å². The van der Waals surface area contributed by atoms with Gasteiger partial charge in [0.25, 0.3) is 0 Å². The van der Waals surface area contributed by atoms with Crippen LogP contribution < -0.4 is 4.46 Å². The summed E-state index contributed by atoms with van der Waals surface area (Å²) in [5.41, 5.74) is 0. The van der Waals surface area contributed by atoms with Gasteiger partial charge in [-0.25, -0.2) is 0 Å². The van der Waals surface area contributed by atoms with Crippen LogP contribution in [0.25, 0.3) is 0 Å². The van der Waals surface area contributed by atoms with Crippen molar-refractivity contribution in [3.63, 3.8) is 0 Å². The van der Waals surface area contributed by atoms with E-state index in [4.69, 9.17) is 11.6 Å². The maximum atomic E-state index is 10.7. The number of aldehydes is 1. The molecule has 1 rings (SSSR count). The average molecular weight is 274 g/mol. The quantitative estimate of drug-likeness (QED) is 0.467. The predicted molar refractivity (Wildman–Crippen MR) is 61.3 cm³/mol. The summed E-state index contributed by atoms with van der Waals surface area (Å²) >= 11 is 5.88. The number of carbonyl (C=O) groups is 1. The second-order valence-electron chi connectivity index (χ2n) is 2.69. The van der Waals surface area contributed by atoms with Crippen molar-refractivity contribution < 1.29 is 4.79 Å². The number of rotatable bonds is 4. The van der Waals surface area contributed by atoms with Crippen LogP contribution in [-0.2, 0) is 4.79 Å². The molecule has 0 atom stereocenters. The summed E-state index contributed by atoms with van der Waals surface area (Å²) in [6.07, 6.45) is 3.82. The fourth-order valence-electron chi connectivity index (χ4n) is 0.954. The maximum absolute atomic E-state index is 10.7. The van der Waals surface area contributed by atoms with E-state index >= 15 is 0 Å². The average Bonchev–Trinajstić information content (AvgIpc) is 2.20. The SMILES string of the molecule is CC/C=C(/C=O)[Se]c1ccc(Cl)cc1. The molecule has 1 aromatic rings. The van der Waals surface area contributed by atoms with Gasteiger partial charge in [-0.1, -0.05) is 0 Å². The topological polar surface area (TPSA) is 17.1 Å². The molecule has 3 heteroatoms. The summed E-state index contributed by atoms with van der Waals surface area (Å²) in [4.78, 5) is 10.7. The van der Waals surface area contributed by atoms with E-state index < -0.39 is 0 Å². The van der Waals surface area contributed by atoms with Crippen LogP contribution in [0.4, 0.5) is 0 Å². The first kappa shape index (κ1) is 11.5. The zero-order valence-electron chi connectivity index (χ0n) is 7.87. The normalized spacial score (nSPS) is 11.4. The first-order valence-electron chi connectivity index (χ1n) is 4.35. The van der Waals surface area contributed by atoms with Gasteiger partial charge in [0.2, 0.25) is 0 Å². The molecule has 0 heterocycles. The number of benzene rings is 1. The zero-order valence-corrected chi connectivity index (χ0v) is 10.3. The molecule has 0 saturated carbocycles. The molecule has 0 amide bonds. The van der Waals surface area contributed by atoms with Gasteiger partial charge in [0, 0.05) is 0 Å². The molecule has 0 spiro atoms. The number of hydrogen-bond acceptors (Lipinski definition) is 1. The van der Waals surface area contributed by atoms with Crippen molar-refractivity contribution in [3.05, 3.63) is 39.8 Å².